The first-order chi connectivity index (χ1) is 7.63. The fourth-order valence-electron chi connectivity index (χ4n) is 1.20. The number of aromatic amines is 1. The van der Waals surface area contributed by atoms with E-state index in [0.717, 1.165) is 18.7 Å². The highest BCUT2D eigenvalue weighted by Gasteiger charge is 2.05. The molecule has 1 aromatic heterocycles. The minimum absolute atomic E-state index is 0.122. The highest BCUT2D eigenvalue weighted by Crippen LogP contribution is 1.96. The molecule has 0 radical (unpaired) electrons. The summed E-state index contributed by atoms with van der Waals surface area (Å²) in [4.78, 5) is 4.87. The smallest absolute Gasteiger partial charge is 0.197 e. The van der Waals surface area contributed by atoms with Crippen LogP contribution in [0.25, 0.3) is 0 Å². The number of H-pyrrole nitrogens is 1. The molecule has 16 heavy (non-hydrogen) atoms. The number of likely N-dealkylation sites (N-methyl/N-ethyl adjacent to an activating group) is 1. The second-order valence-electron chi connectivity index (χ2n) is 3.47. The zero-order valence-electron chi connectivity index (χ0n) is 9.59. The lowest BCUT2D eigenvalue weighted by atomic mass is 10.3. The summed E-state index contributed by atoms with van der Waals surface area (Å²) in [6.07, 6.45) is 2.73. The Morgan fingerprint density at radius 3 is 2.81 bits per heavy atom. The van der Waals surface area contributed by atoms with Gasteiger partial charge in [-0.15, -0.1) is 0 Å². The van der Waals surface area contributed by atoms with Gasteiger partial charge < -0.3 is 15.2 Å². The molecule has 5 N–H and O–H groups in total. The molecule has 1 heterocycles. The summed E-state index contributed by atoms with van der Waals surface area (Å²) in [5, 5.41) is 20.3. The zero-order chi connectivity index (χ0) is 12.0. The van der Waals surface area contributed by atoms with Crippen molar-refractivity contribution in [2.45, 2.75) is 6.42 Å². The predicted molar refractivity (Wildman–Crippen MR) is 64.8 cm³/mol. The van der Waals surface area contributed by atoms with Crippen LogP contribution in [0.3, 0.4) is 0 Å². The fourth-order valence-corrected chi connectivity index (χ4v) is 1.20. The van der Waals surface area contributed by atoms with Crippen molar-refractivity contribution in [1.82, 2.24) is 20.5 Å². The third-order valence-electron chi connectivity index (χ3n) is 2.25. The van der Waals surface area contributed by atoms with Gasteiger partial charge in [0.05, 0.1) is 0 Å². The lowest BCUT2D eigenvalue weighted by Crippen LogP contribution is -2.46. The van der Waals surface area contributed by atoms with Crippen molar-refractivity contribution in [2.24, 2.45) is 0 Å². The Labute approximate surface area is 95.1 Å². The minimum Gasteiger partial charge on any atom is -0.365 e. The van der Waals surface area contributed by atoms with Crippen LogP contribution >= 0.6 is 0 Å². The van der Waals surface area contributed by atoms with E-state index >= 15 is 0 Å². The monoisotopic (exact) mass is 222 g/mol. The average Bonchev–Trinajstić information content (AvgIpc) is 2.78. The molecule has 0 unspecified atom stereocenters. The molecule has 0 saturated heterocycles. The molecule has 0 fully saturated rings. The second-order valence-corrected chi connectivity index (χ2v) is 3.47. The molecular weight excluding hydrogens is 204 g/mol. The second kappa shape index (κ2) is 5.79. The molecule has 0 aliphatic rings. The summed E-state index contributed by atoms with van der Waals surface area (Å²) in [5.41, 5.74) is 1.14. The van der Waals surface area contributed by atoms with Gasteiger partial charge in [0.25, 0.3) is 0 Å². The fraction of sp³-hybridized carbons (Fsp3) is 0.400. The first kappa shape index (κ1) is 12.1. The maximum absolute atomic E-state index is 7.68. The Kier molecular flexibility index (Phi) is 4.38. The quantitative estimate of drug-likeness (QED) is 0.373. The first-order valence-corrected chi connectivity index (χ1v) is 5.08. The Morgan fingerprint density at radius 1 is 1.50 bits per heavy atom. The van der Waals surface area contributed by atoms with Crippen LogP contribution in [0.5, 0.6) is 0 Å². The van der Waals surface area contributed by atoms with Crippen LogP contribution in [0.2, 0.25) is 0 Å². The van der Waals surface area contributed by atoms with Crippen LogP contribution in [-0.2, 0) is 6.42 Å². The summed E-state index contributed by atoms with van der Waals surface area (Å²) in [6, 6.07) is 3.97. The Bertz CT molecular complexity index is 342. The number of nitrogens with zero attached hydrogens (tertiary/aromatic N) is 1. The third kappa shape index (κ3) is 3.64. The lowest BCUT2D eigenvalue weighted by Gasteiger charge is -2.20. The van der Waals surface area contributed by atoms with Gasteiger partial charge in [0.1, 0.15) is 0 Å². The van der Waals surface area contributed by atoms with Gasteiger partial charge in [0, 0.05) is 39.0 Å². The maximum atomic E-state index is 7.68. The van der Waals surface area contributed by atoms with Gasteiger partial charge in [-0.1, -0.05) is 0 Å². The third-order valence-corrected chi connectivity index (χ3v) is 2.25. The van der Waals surface area contributed by atoms with Crippen LogP contribution in [0.4, 0.5) is 0 Å². The Morgan fingerprint density at radius 2 is 2.25 bits per heavy atom. The van der Waals surface area contributed by atoms with Crippen molar-refractivity contribution in [3.63, 3.8) is 0 Å². The topological polar surface area (TPSA) is 90.8 Å². The molecule has 88 valence electrons. The zero-order valence-corrected chi connectivity index (χ0v) is 9.59. The SMILES string of the molecule is CNC(=N)NC(=N)N(C)CCc1ccc[nH]1. The van der Waals surface area contributed by atoms with Crippen LogP contribution in [0.1, 0.15) is 5.69 Å². The molecule has 1 rings (SSSR count). The molecule has 0 spiro atoms. The maximum Gasteiger partial charge on any atom is 0.197 e. The molecule has 0 amide bonds. The molecule has 0 aliphatic carbocycles. The van der Waals surface area contributed by atoms with Crippen molar-refractivity contribution in [3.05, 3.63) is 24.0 Å². The molecule has 0 saturated carbocycles. The van der Waals surface area contributed by atoms with E-state index in [1.807, 2.05) is 25.4 Å². The van der Waals surface area contributed by atoms with Crippen molar-refractivity contribution >= 4 is 11.9 Å². The number of aromatic nitrogens is 1. The number of rotatable bonds is 3. The summed E-state index contributed by atoms with van der Waals surface area (Å²) in [5.74, 6) is 0.336. The van der Waals surface area contributed by atoms with Crippen LogP contribution in [0.15, 0.2) is 18.3 Å². The van der Waals surface area contributed by atoms with Crippen molar-refractivity contribution in [2.75, 3.05) is 20.6 Å². The molecule has 0 aromatic carbocycles. The van der Waals surface area contributed by atoms with E-state index in [9.17, 15) is 0 Å². The summed E-state index contributed by atoms with van der Waals surface area (Å²) >= 11 is 0. The van der Waals surface area contributed by atoms with Crippen molar-refractivity contribution < 1.29 is 0 Å². The first-order valence-electron chi connectivity index (χ1n) is 5.08. The minimum atomic E-state index is 0.122. The number of guanidine groups is 2. The lowest BCUT2D eigenvalue weighted by molar-refractivity contribution is 0.490. The normalized spacial score (nSPS) is 9.62. The number of hydrogen-bond acceptors (Lipinski definition) is 2. The number of nitrogens with one attached hydrogen (secondary N) is 5. The Hall–Kier alpha value is -1.98. The van der Waals surface area contributed by atoms with E-state index in [-0.39, 0.29) is 11.9 Å². The van der Waals surface area contributed by atoms with Crippen molar-refractivity contribution in [3.8, 4) is 0 Å². The van der Waals surface area contributed by atoms with Gasteiger partial charge in [0.2, 0.25) is 0 Å². The number of hydrogen-bond donors (Lipinski definition) is 5. The van der Waals surface area contributed by atoms with Gasteiger partial charge in [-0.25, -0.2) is 0 Å². The highest BCUT2D eigenvalue weighted by molar-refractivity contribution is 5.95. The van der Waals surface area contributed by atoms with Crippen LogP contribution < -0.4 is 10.6 Å². The molecule has 0 bridgehead atoms. The standard InChI is InChI=1S/C10H18N6/c1-13-9(11)15-10(12)16(2)7-5-8-4-3-6-14-8/h3-4,6,14H,5,7H2,1-2H3,(H4,11,12,13,15). The van der Waals surface area contributed by atoms with E-state index in [0.29, 0.717) is 0 Å². The van der Waals surface area contributed by atoms with E-state index in [2.05, 4.69) is 15.6 Å². The molecule has 0 aliphatic heterocycles. The molecular formula is C10H18N6. The van der Waals surface area contributed by atoms with Gasteiger partial charge in [0.15, 0.2) is 11.9 Å². The largest absolute Gasteiger partial charge is 0.365 e. The average molecular weight is 222 g/mol. The molecule has 0 atom stereocenters. The summed E-state index contributed by atoms with van der Waals surface area (Å²) in [7, 11) is 3.46. The molecule has 6 nitrogen and oxygen atoms in total. The van der Waals surface area contributed by atoms with Gasteiger partial charge in [-0.3, -0.25) is 16.1 Å². The van der Waals surface area contributed by atoms with E-state index in [1.54, 1.807) is 11.9 Å². The van der Waals surface area contributed by atoms with E-state index < -0.39 is 0 Å². The van der Waals surface area contributed by atoms with Crippen LogP contribution in [0, 0.1) is 10.8 Å². The van der Waals surface area contributed by atoms with Crippen LogP contribution in [-0.4, -0.2) is 42.4 Å². The van der Waals surface area contributed by atoms with E-state index in [4.69, 9.17) is 10.8 Å². The van der Waals surface area contributed by atoms with Gasteiger partial charge >= 0.3 is 0 Å². The highest BCUT2D eigenvalue weighted by atomic mass is 15.3. The molecule has 1 aromatic rings. The Balaban J connectivity index is 2.31. The molecule has 6 heteroatoms. The van der Waals surface area contributed by atoms with Gasteiger partial charge in [-0.2, -0.15) is 0 Å². The summed E-state index contributed by atoms with van der Waals surface area (Å²) < 4.78 is 0. The summed E-state index contributed by atoms with van der Waals surface area (Å²) in [6.45, 7) is 0.726. The van der Waals surface area contributed by atoms with Gasteiger partial charge in [-0.05, 0) is 12.1 Å². The van der Waals surface area contributed by atoms with Crippen molar-refractivity contribution in [1.29, 1.82) is 10.8 Å². The predicted octanol–water partition coefficient (Wildman–Crippen LogP) is 0.168. The van der Waals surface area contributed by atoms with E-state index in [1.165, 1.54) is 0 Å².